The van der Waals surface area contributed by atoms with Gasteiger partial charge in [0.1, 0.15) is 0 Å². The molecule has 0 saturated carbocycles. The highest BCUT2D eigenvalue weighted by molar-refractivity contribution is 5.32. The van der Waals surface area contributed by atoms with Crippen molar-refractivity contribution >= 4 is 5.69 Å². The molecule has 2 aromatic carbocycles. The molecule has 0 aliphatic rings. The molecule has 4 heteroatoms. The summed E-state index contributed by atoms with van der Waals surface area (Å²) < 4.78 is 0. The molecule has 2 aromatic rings. The van der Waals surface area contributed by atoms with Crippen molar-refractivity contribution in [2.75, 3.05) is 0 Å². The maximum Gasteiger partial charge on any atom is 0.269 e. The van der Waals surface area contributed by atoms with Crippen LogP contribution in [0, 0.1) is 10.1 Å². The van der Waals surface area contributed by atoms with Gasteiger partial charge in [0.15, 0.2) is 0 Å². The highest BCUT2D eigenvalue weighted by Crippen LogP contribution is 2.12. The number of nitro groups is 1. The van der Waals surface area contributed by atoms with Crippen molar-refractivity contribution in [1.82, 2.24) is 5.32 Å². The minimum absolute atomic E-state index is 0.135. The number of nitrogens with one attached hydrogen (secondary N) is 1. The zero-order chi connectivity index (χ0) is 15.1. The van der Waals surface area contributed by atoms with Crippen LogP contribution < -0.4 is 5.32 Å². The molecule has 0 fully saturated rings. The first-order valence-corrected chi connectivity index (χ1v) is 7.16. The molecule has 1 atom stereocenters. The molecule has 0 amide bonds. The van der Waals surface area contributed by atoms with Crippen LogP contribution in [0.3, 0.4) is 0 Å². The van der Waals surface area contributed by atoms with Crippen molar-refractivity contribution in [1.29, 1.82) is 0 Å². The Morgan fingerprint density at radius 3 is 2.33 bits per heavy atom. The number of rotatable bonds is 7. The van der Waals surface area contributed by atoms with Crippen LogP contribution in [-0.4, -0.2) is 11.0 Å². The quantitative estimate of drug-likeness (QED) is 0.623. The van der Waals surface area contributed by atoms with E-state index in [1.165, 1.54) is 5.56 Å². The molecule has 110 valence electrons. The van der Waals surface area contributed by atoms with E-state index in [0.717, 1.165) is 24.9 Å². The molecule has 0 aliphatic heterocycles. The molecule has 0 radical (unpaired) electrons. The molecule has 0 aliphatic carbocycles. The average molecular weight is 284 g/mol. The topological polar surface area (TPSA) is 55.2 Å². The van der Waals surface area contributed by atoms with Gasteiger partial charge in [-0.05, 0) is 30.9 Å². The number of nitrogens with zero attached hydrogens (tertiary/aromatic N) is 1. The van der Waals surface area contributed by atoms with Crippen molar-refractivity contribution in [2.45, 2.75) is 32.4 Å². The van der Waals surface area contributed by atoms with E-state index in [4.69, 9.17) is 0 Å². The van der Waals surface area contributed by atoms with E-state index in [0.29, 0.717) is 6.04 Å². The van der Waals surface area contributed by atoms with Gasteiger partial charge in [0.05, 0.1) is 4.92 Å². The van der Waals surface area contributed by atoms with E-state index in [-0.39, 0.29) is 10.6 Å². The second-order valence-corrected chi connectivity index (χ2v) is 5.23. The fourth-order valence-electron chi connectivity index (χ4n) is 2.16. The summed E-state index contributed by atoms with van der Waals surface area (Å²) in [6.45, 7) is 2.89. The van der Waals surface area contributed by atoms with Gasteiger partial charge >= 0.3 is 0 Å². The molecule has 0 aromatic heterocycles. The molecule has 4 nitrogen and oxygen atoms in total. The third-order valence-corrected chi connectivity index (χ3v) is 3.51. The number of non-ortho nitro benzene ring substituents is 1. The third-order valence-electron chi connectivity index (χ3n) is 3.51. The van der Waals surface area contributed by atoms with Gasteiger partial charge in [-0.3, -0.25) is 10.1 Å². The number of aryl methyl sites for hydroxylation is 1. The van der Waals surface area contributed by atoms with E-state index < -0.39 is 0 Å². The normalized spacial score (nSPS) is 12.0. The second-order valence-electron chi connectivity index (χ2n) is 5.23. The predicted octanol–water partition coefficient (Wildman–Crippen LogP) is 3.71. The summed E-state index contributed by atoms with van der Waals surface area (Å²) in [5.74, 6) is 0. The first-order valence-electron chi connectivity index (χ1n) is 7.16. The van der Waals surface area contributed by atoms with Gasteiger partial charge in [-0.2, -0.15) is 0 Å². The SMILES string of the molecule is C[C@@H](CCc1ccccc1)NCc1ccc([N+](=O)[O-])cc1. The van der Waals surface area contributed by atoms with Gasteiger partial charge in [0.25, 0.3) is 5.69 Å². The third kappa shape index (κ3) is 5.00. The summed E-state index contributed by atoms with van der Waals surface area (Å²) in [4.78, 5) is 10.2. The van der Waals surface area contributed by atoms with E-state index in [2.05, 4.69) is 36.5 Å². The average Bonchev–Trinajstić information content (AvgIpc) is 2.52. The number of benzene rings is 2. The summed E-state index contributed by atoms with van der Waals surface area (Å²) in [7, 11) is 0. The first-order chi connectivity index (χ1) is 10.1. The fraction of sp³-hybridized carbons (Fsp3) is 0.294. The van der Waals surface area contributed by atoms with Crippen LogP contribution in [0.2, 0.25) is 0 Å². The number of hydrogen-bond donors (Lipinski definition) is 1. The lowest BCUT2D eigenvalue weighted by Gasteiger charge is -2.13. The Morgan fingerprint density at radius 1 is 1.05 bits per heavy atom. The summed E-state index contributed by atoms with van der Waals surface area (Å²) in [5.41, 5.74) is 2.55. The lowest BCUT2D eigenvalue weighted by molar-refractivity contribution is -0.384. The summed E-state index contributed by atoms with van der Waals surface area (Å²) >= 11 is 0. The number of nitro benzene ring substituents is 1. The van der Waals surface area contributed by atoms with Crippen molar-refractivity contribution in [3.8, 4) is 0 Å². The largest absolute Gasteiger partial charge is 0.310 e. The Labute approximate surface area is 125 Å². The van der Waals surface area contributed by atoms with Crippen molar-refractivity contribution in [3.63, 3.8) is 0 Å². The Balaban J connectivity index is 1.75. The molecule has 2 rings (SSSR count). The molecule has 1 N–H and O–H groups in total. The van der Waals surface area contributed by atoms with Crippen molar-refractivity contribution < 1.29 is 4.92 Å². The zero-order valence-corrected chi connectivity index (χ0v) is 12.2. The van der Waals surface area contributed by atoms with Gasteiger partial charge < -0.3 is 5.32 Å². The zero-order valence-electron chi connectivity index (χ0n) is 12.2. The van der Waals surface area contributed by atoms with Crippen LogP contribution >= 0.6 is 0 Å². The van der Waals surface area contributed by atoms with Gasteiger partial charge in [0.2, 0.25) is 0 Å². The molecule has 0 saturated heterocycles. The molecular weight excluding hydrogens is 264 g/mol. The van der Waals surface area contributed by atoms with E-state index in [1.807, 2.05) is 6.07 Å². The van der Waals surface area contributed by atoms with Crippen LogP contribution in [0.25, 0.3) is 0 Å². The number of hydrogen-bond acceptors (Lipinski definition) is 3. The van der Waals surface area contributed by atoms with Gasteiger partial charge in [-0.1, -0.05) is 42.5 Å². The van der Waals surface area contributed by atoms with Crippen LogP contribution in [-0.2, 0) is 13.0 Å². The monoisotopic (exact) mass is 284 g/mol. The van der Waals surface area contributed by atoms with E-state index >= 15 is 0 Å². The van der Waals surface area contributed by atoms with Crippen LogP contribution in [0.5, 0.6) is 0 Å². The highest BCUT2D eigenvalue weighted by Gasteiger charge is 2.05. The molecule has 0 unspecified atom stereocenters. The van der Waals surface area contributed by atoms with Crippen molar-refractivity contribution in [2.24, 2.45) is 0 Å². The summed E-state index contributed by atoms with van der Waals surface area (Å²) in [6.07, 6.45) is 2.12. The van der Waals surface area contributed by atoms with Gasteiger partial charge in [-0.15, -0.1) is 0 Å². The maximum absolute atomic E-state index is 10.6. The smallest absolute Gasteiger partial charge is 0.269 e. The Hall–Kier alpha value is -2.20. The molecule has 0 spiro atoms. The maximum atomic E-state index is 10.6. The van der Waals surface area contributed by atoms with E-state index in [1.54, 1.807) is 24.3 Å². The fourth-order valence-corrected chi connectivity index (χ4v) is 2.16. The van der Waals surface area contributed by atoms with Crippen LogP contribution in [0.15, 0.2) is 54.6 Å². The molecule has 0 bridgehead atoms. The summed E-state index contributed by atoms with van der Waals surface area (Å²) in [6, 6.07) is 17.5. The Kier molecular flexibility index (Phi) is 5.46. The van der Waals surface area contributed by atoms with Gasteiger partial charge in [0, 0.05) is 24.7 Å². The minimum atomic E-state index is -0.375. The Morgan fingerprint density at radius 2 is 1.71 bits per heavy atom. The van der Waals surface area contributed by atoms with Gasteiger partial charge in [-0.25, -0.2) is 0 Å². The minimum Gasteiger partial charge on any atom is -0.310 e. The predicted molar refractivity (Wildman–Crippen MR) is 84.2 cm³/mol. The van der Waals surface area contributed by atoms with Crippen LogP contribution in [0.1, 0.15) is 24.5 Å². The van der Waals surface area contributed by atoms with E-state index in [9.17, 15) is 10.1 Å². The molecule has 21 heavy (non-hydrogen) atoms. The second kappa shape index (κ2) is 7.55. The van der Waals surface area contributed by atoms with Crippen LogP contribution in [0.4, 0.5) is 5.69 Å². The standard InChI is InChI=1S/C17H20N2O2/c1-14(7-8-15-5-3-2-4-6-15)18-13-16-9-11-17(12-10-16)19(20)21/h2-6,9-12,14,18H,7-8,13H2,1H3/t14-/m0/s1. The molecular formula is C17H20N2O2. The first kappa shape index (κ1) is 15.2. The lowest BCUT2D eigenvalue weighted by Crippen LogP contribution is -2.25. The highest BCUT2D eigenvalue weighted by atomic mass is 16.6. The Bertz CT molecular complexity index is 567. The van der Waals surface area contributed by atoms with Crippen molar-refractivity contribution in [3.05, 3.63) is 75.8 Å². The lowest BCUT2D eigenvalue weighted by atomic mass is 10.1. The summed E-state index contributed by atoms with van der Waals surface area (Å²) in [5, 5.41) is 14.0. The molecule has 0 heterocycles.